The number of nitrogens with one attached hydrogen (secondary N) is 1. The summed E-state index contributed by atoms with van der Waals surface area (Å²) in [5.74, 6) is 0.864. The third kappa shape index (κ3) is 5.65. The zero-order chi connectivity index (χ0) is 14.9. The van der Waals surface area contributed by atoms with E-state index in [9.17, 15) is 4.79 Å². The number of rotatable bonds is 7. The monoisotopic (exact) mass is 284 g/mol. The molecule has 1 aromatic carbocycles. The van der Waals surface area contributed by atoms with E-state index in [4.69, 9.17) is 4.74 Å². The minimum atomic E-state index is 0.0214. The second-order valence-corrected chi connectivity index (χ2v) is 4.86. The first-order chi connectivity index (χ1) is 10.2. The first-order valence-corrected chi connectivity index (χ1v) is 7.10. The number of aromatic nitrogens is 1. The van der Waals surface area contributed by atoms with Gasteiger partial charge in [0.1, 0.15) is 5.75 Å². The average molecular weight is 284 g/mol. The lowest BCUT2D eigenvalue weighted by atomic mass is 10.2. The molecule has 1 amide bonds. The highest BCUT2D eigenvalue weighted by atomic mass is 16.5. The Morgan fingerprint density at radius 3 is 2.71 bits per heavy atom. The first-order valence-electron chi connectivity index (χ1n) is 7.10. The smallest absolute Gasteiger partial charge is 0.220 e. The van der Waals surface area contributed by atoms with Crippen LogP contribution in [0.25, 0.3) is 0 Å². The van der Waals surface area contributed by atoms with E-state index < -0.39 is 0 Å². The molecule has 0 spiro atoms. The van der Waals surface area contributed by atoms with Crippen LogP contribution < -0.4 is 10.1 Å². The molecule has 4 heteroatoms. The minimum Gasteiger partial charge on any atom is -0.494 e. The summed E-state index contributed by atoms with van der Waals surface area (Å²) in [6.45, 7) is 3.05. The minimum absolute atomic E-state index is 0.0214. The molecule has 21 heavy (non-hydrogen) atoms. The number of hydrogen-bond acceptors (Lipinski definition) is 3. The molecule has 1 N–H and O–H groups in total. The largest absolute Gasteiger partial charge is 0.494 e. The number of hydrogen-bond donors (Lipinski definition) is 1. The highest BCUT2D eigenvalue weighted by molar-refractivity contribution is 5.75. The number of carbonyl (C=O) groups is 1. The van der Waals surface area contributed by atoms with Gasteiger partial charge >= 0.3 is 0 Å². The summed E-state index contributed by atoms with van der Waals surface area (Å²) >= 11 is 0. The van der Waals surface area contributed by atoms with Gasteiger partial charge < -0.3 is 10.1 Å². The molecule has 0 bridgehead atoms. The molecule has 0 aliphatic rings. The van der Waals surface area contributed by atoms with E-state index in [1.54, 1.807) is 6.20 Å². The maximum Gasteiger partial charge on any atom is 0.220 e. The zero-order valence-electron chi connectivity index (χ0n) is 12.2. The van der Waals surface area contributed by atoms with E-state index in [-0.39, 0.29) is 5.91 Å². The van der Waals surface area contributed by atoms with Gasteiger partial charge in [-0.2, -0.15) is 0 Å². The Labute approximate surface area is 125 Å². The fourth-order valence-corrected chi connectivity index (χ4v) is 1.84. The molecule has 0 saturated heterocycles. The lowest BCUT2D eigenvalue weighted by molar-refractivity contribution is -0.121. The average Bonchev–Trinajstić information content (AvgIpc) is 2.52. The Morgan fingerprint density at radius 2 is 2.00 bits per heavy atom. The molecule has 0 aliphatic carbocycles. The van der Waals surface area contributed by atoms with Gasteiger partial charge in [0.05, 0.1) is 18.8 Å². The second-order valence-electron chi connectivity index (χ2n) is 4.86. The summed E-state index contributed by atoms with van der Waals surface area (Å²) in [5, 5.41) is 2.85. The van der Waals surface area contributed by atoms with Crippen molar-refractivity contribution in [2.75, 3.05) is 6.61 Å². The predicted molar refractivity (Wildman–Crippen MR) is 82.0 cm³/mol. The summed E-state index contributed by atoms with van der Waals surface area (Å²) in [6, 6.07) is 13.6. The molecule has 2 rings (SSSR count). The standard InChI is InChI=1S/C17H20N2O2/c1-14-7-9-16(10-8-14)21-12-4-6-17(20)19-13-15-5-2-3-11-18-15/h2-3,5,7-11H,4,6,12-13H2,1H3,(H,19,20). The third-order valence-corrected chi connectivity index (χ3v) is 3.03. The second kappa shape index (κ2) is 8.04. The lowest BCUT2D eigenvalue weighted by Gasteiger charge is -2.07. The van der Waals surface area contributed by atoms with Gasteiger partial charge in [-0.1, -0.05) is 23.8 Å². The number of pyridine rings is 1. The van der Waals surface area contributed by atoms with Gasteiger partial charge in [-0.15, -0.1) is 0 Å². The van der Waals surface area contributed by atoms with Crippen molar-refractivity contribution in [1.82, 2.24) is 10.3 Å². The number of carbonyl (C=O) groups excluding carboxylic acids is 1. The van der Waals surface area contributed by atoms with Crippen LogP contribution in [0.15, 0.2) is 48.7 Å². The Kier molecular flexibility index (Phi) is 5.76. The van der Waals surface area contributed by atoms with Gasteiger partial charge in [0.2, 0.25) is 5.91 Å². The fraction of sp³-hybridized carbons (Fsp3) is 0.294. The highest BCUT2D eigenvalue weighted by Gasteiger charge is 2.02. The molecular weight excluding hydrogens is 264 g/mol. The number of ether oxygens (including phenoxy) is 1. The zero-order valence-corrected chi connectivity index (χ0v) is 12.2. The van der Waals surface area contributed by atoms with Crippen LogP contribution in [0.1, 0.15) is 24.1 Å². The third-order valence-electron chi connectivity index (χ3n) is 3.03. The molecule has 0 saturated carbocycles. The van der Waals surface area contributed by atoms with E-state index in [1.165, 1.54) is 5.56 Å². The van der Waals surface area contributed by atoms with Crippen molar-refractivity contribution in [3.05, 3.63) is 59.9 Å². The first kappa shape index (κ1) is 15.0. The van der Waals surface area contributed by atoms with E-state index in [0.29, 0.717) is 26.0 Å². The molecule has 110 valence electrons. The molecule has 2 aromatic rings. The van der Waals surface area contributed by atoms with E-state index in [0.717, 1.165) is 11.4 Å². The van der Waals surface area contributed by atoms with Gasteiger partial charge in [-0.3, -0.25) is 9.78 Å². The van der Waals surface area contributed by atoms with Crippen molar-refractivity contribution in [2.45, 2.75) is 26.3 Å². The van der Waals surface area contributed by atoms with Crippen LogP contribution in [0.5, 0.6) is 5.75 Å². The SMILES string of the molecule is Cc1ccc(OCCCC(=O)NCc2ccccn2)cc1. The molecule has 0 aliphatic heterocycles. The van der Waals surface area contributed by atoms with Crippen molar-refractivity contribution in [3.63, 3.8) is 0 Å². The summed E-state index contributed by atoms with van der Waals surface area (Å²) in [5.41, 5.74) is 2.07. The van der Waals surface area contributed by atoms with Gasteiger partial charge in [-0.25, -0.2) is 0 Å². The van der Waals surface area contributed by atoms with Crippen LogP contribution in [0.3, 0.4) is 0 Å². The van der Waals surface area contributed by atoms with Crippen LogP contribution in [-0.4, -0.2) is 17.5 Å². The lowest BCUT2D eigenvalue weighted by Crippen LogP contribution is -2.23. The van der Waals surface area contributed by atoms with E-state index in [1.807, 2.05) is 49.4 Å². The summed E-state index contributed by atoms with van der Waals surface area (Å²) in [6.07, 6.45) is 2.87. The fourth-order valence-electron chi connectivity index (χ4n) is 1.84. The maximum atomic E-state index is 11.7. The molecule has 0 radical (unpaired) electrons. The van der Waals surface area contributed by atoms with Crippen LogP contribution in [0.2, 0.25) is 0 Å². The van der Waals surface area contributed by atoms with Crippen LogP contribution >= 0.6 is 0 Å². The van der Waals surface area contributed by atoms with Gasteiger partial charge in [0.15, 0.2) is 0 Å². The molecule has 4 nitrogen and oxygen atoms in total. The molecule has 0 unspecified atom stereocenters. The Bertz CT molecular complexity index is 553. The van der Waals surface area contributed by atoms with Gasteiger partial charge in [-0.05, 0) is 37.6 Å². The van der Waals surface area contributed by atoms with Crippen molar-refractivity contribution in [1.29, 1.82) is 0 Å². The van der Waals surface area contributed by atoms with E-state index in [2.05, 4.69) is 10.3 Å². The quantitative estimate of drug-likeness (QED) is 0.795. The molecule has 1 heterocycles. The van der Waals surface area contributed by atoms with Crippen molar-refractivity contribution in [2.24, 2.45) is 0 Å². The van der Waals surface area contributed by atoms with Crippen LogP contribution in [0.4, 0.5) is 0 Å². The highest BCUT2D eigenvalue weighted by Crippen LogP contribution is 2.11. The molecule has 1 aromatic heterocycles. The maximum absolute atomic E-state index is 11.7. The van der Waals surface area contributed by atoms with Crippen molar-refractivity contribution in [3.8, 4) is 5.75 Å². The van der Waals surface area contributed by atoms with Crippen molar-refractivity contribution >= 4 is 5.91 Å². The number of benzene rings is 1. The summed E-state index contributed by atoms with van der Waals surface area (Å²) in [7, 11) is 0. The van der Waals surface area contributed by atoms with Crippen LogP contribution in [0, 0.1) is 6.92 Å². The summed E-state index contributed by atoms with van der Waals surface area (Å²) in [4.78, 5) is 15.8. The Hall–Kier alpha value is -2.36. The normalized spacial score (nSPS) is 10.1. The Morgan fingerprint density at radius 1 is 1.19 bits per heavy atom. The Balaban J connectivity index is 1.60. The summed E-state index contributed by atoms with van der Waals surface area (Å²) < 4.78 is 5.58. The number of aryl methyl sites for hydroxylation is 1. The topological polar surface area (TPSA) is 51.2 Å². The molecular formula is C17H20N2O2. The van der Waals surface area contributed by atoms with E-state index >= 15 is 0 Å². The number of amides is 1. The molecule has 0 fully saturated rings. The van der Waals surface area contributed by atoms with Crippen molar-refractivity contribution < 1.29 is 9.53 Å². The van der Waals surface area contributed by atoms with Gasteiger partial charge in [0.25, 0.3) is 0 Å². The van der Waals surface area contributed by atoms with Crippen LogP contribution in [-0.2, 0) is 11.3 Å². The van der Waals surface area contributed by atoms with Gasteiger partial charge in [0, 0.05) is 12.6 Å². The number of nitrogens with zero attached hydrogens (tertiary/aromatic N) is 1. The predicted octanol–water partition coefficient (Wildman–Crippen LogP) is 2.87. The molecule has 0 atom stereocenters.